The second-order valence-electron chi connectivity index (χ2n) is 4.88. The van der Waals surface area contributed by atoms with Gasteiger partial charge < -0.3 is 14.6 Å². The molecule has 1 amide bonds. The first-order chi connectivity index (χ1) is 9.76. The van der Waals surface area contributed by atoms with Gasteiger partial charge in [0, 0.05) is 17.8 Å². The summed E-state index contributed by atoms with van der Waals surface area (Å²) in [5.41, 5.74) is 0.757. The van der Waals surface area contributed by atoms with Crippen LogP contribution in [0.2, 0.25) is 0 Å². The molecule has 5 nitrogen and oxygen atoms in total. The van der Waals surface area contributed by atoms with Gasteiger partial charge in [-0.3, -0.25) is 4.79 Å². The molecule has 1 aliphatic rings. The van der Waals surface area contributed by atoms with Crippen LogP contribution in [0.1, 0.15) is 25.0 Å². The standard InChI is InChI=1S/C15H16N2O3/c16-20-13(7-8-15(18)17-11-5-6-11)14-9-10-3-1-2-4-12(10)19-14/h1-4,7,9,11H,5-6,8,16H2,(H,17,18)/b13-7-. The van der Waals surface area contributed by atoms with Gasteiger partial charge in [0.15, 0.2) is 11.5 Å². The molecule has 1 heterocycles. The van der Waals surface area contributed by atoms with E-state index in [9.17, 15) is 4.79 Å². The van der Waals surface area contributed by atoms with Crippen LogP contribution >= 0.6 is 0 Å². The summed E-state index contributed by atoms with van der Waals surface area (Å²) in [6.07, 6.45) is 3.99. The maximum Gasteiger partial charge on any atom is 0.224 e. The zero-order valence-electron chi connectivity index (χ0n) is 11.0. The molecule has 3 rings (SSSR count). The Labute approximate surface area is 116 Å². The molecular formula is C15H16N2O3. The Morgan fingerprint density at radius 2 is 2.25 bits per heavy atom. The number of hydrogen-bond donors (Lipinski definition) is 2. The minimum atomic E-state index is -0.0295. The highest BCUT2D eigenvalue weighted by atomic mass is 16.6. The van der Waals surface area contributed by atoms with Crippen molar-refractivity contribution in [3.63, 3.8) is 0 Å². The number of carbonyl (C=O) groups is 1. The molecule has 1 aromatic carbocycles. The van der Waals surface area contributed by atoms with Gasteiger partial charge in [-0.05, 0) is 31.1 Å². The van der Waals surface area contributed by atoms with E-state index in [4.69, 9.17) is 15.2 Å². The van der Waals surface area contributed by atoms with Crippen molar-refractivity contribution in [1.29, 1.82) is 0 Å². The number of carbonyl (C=O) groups excluding carboxylic acids is 1. The maximum atomic E-state index is 11.6. The molecule has 0 saturated heterocycles. The van der Waals surface area contributed by atoms with Crippen LogP contribution in [0.15, 0.2) is 40.8 Å². The van der Waals surface area contributed by atoms with E-state index >= 15 is 0 Å². The first-order valence-electron chi connectivity index (χ1n) is 6.61. The SMILES string of the molecule is NO/C(=C\CC(=O)NC1CC1)c1cc2ccccc2o1. The highest BCUT2D eigenvalue weighted by molar-refractivity contribution is 5.82. The molecule has 0 bridgehead atoms. The number of rotatable bonds is 5. The van der Waals surface area contributed by atoms with Gasteiger partial charge >= 0.3 is 0 Å². The molecule has 0 radical (unpaired) electrons. The summed E-state index contributed by atoms with van der Waals surface area (Å²) in [6, 6.07) is 9.82. The second-order valence-corrected chi connectivity index (χ2v) is 4.88. The fourth-order valence-corrected chi connectivity index (χ4v) is 2.01. The van der Waals surface area contributed by atoms with E-state index in [0.29, 0.717) is 17.6 Å². The largest absolute Gasteiger partial charge is 0.453 e. The number of benzene rings is 1. The molecule has 1 aromatic heterocycles. The molecular weight excluding hydrogens is 256 g/mol. The predicted molar refractivity (Wildman–Crippen MR) is 75.2 cm³/mol. The van der Waals surface area contributed by atoms with Gasteiger partial charge in [-0.15, -0.1) is 0 Å². The molecule has 0 atom stereocenters. The third-order valence-electron chi connectivity index (χ3n) is 3.21. The highest BCUT2D eigenvalue weighted by Crippen LogP contribution is 2.25. The quantitative estimate of drug-likeness (QED) is 0.647. The van der Waals surface area contributed by atoms with Crippen LogP contribution in [0.5, 0.6) is 0 Å². The van der Waals surface area contributed by atoms with E-state index in [1.165, 1.54) is 0 Å². The summed E-state index contributed by atoms with van der Waals surface area (Å²) in [5, 5.41) is 3.87. The van der Waals surface area contributed by atoms with Crippen molar-refractivity contribution in [3.8, 4) is 0 Å². The van der Waals surface area contributed by atoms with Gasteiger partial charge in [-0.25, -0.2) is 0 Å². The van der Waals surface area contributed by atoms with E-state index in [2.05, 4.69) is 5.32 Å². The van der Waals surface area contributed by atoms with E-state index in [0.717, 1.165) is 23.8 Å². The zero-order valence-corrected chi connectivity index (χ0v) is 11.0. The number of nitrogens with two attached hydrogens (primary N) is 1. The molecule has 1 fully saturated rings. The topological polar surface area (TPSA) is 77.5 Å². The summed E-state index contributed by atoms with van der Waals surface area (Å²) < 4.78 is 5.64. The van der Waals surface area contributed by atoms with Gasteiger partial charge in [0.25, 0.3) is 0 Å². The Morgan fingerprint density at radius 1 is 1.45 bits per heavy atom. The van der Waals surface area contributed by atoms with Crippen LogP contribution in [-0.4, -0.2) is 11.9 Å². The van der Waals surface area contributed by atoms with E-state index < -0.39 is 0 Å². The Kier molecular flexibility index (Phi) is 3.43. The van der Waals surface area contributed by atoms with Crippen LogP contribution in [0, 0.1) is 0 Å². The molecule has 5 heteroatoms. The summed E-state index contributed by atoms with van der Waals surface area (Å²) in [6.45, 7) is 0. The molecule has 0 aliphatic heterocycles. The number of nitrogens with one attached hydrogen (secondary N) is 1. The molecule has 20 heavy (non-hydrogen) atoms. The lowest BCUT2D eigenvalue weighted by Gasteiger charge is -2.02. The van der Waals surface area contributed by atoms with Crippen LogP contribution in [0.25, 0.3) is 16.7 Å². The molecule has 104 valence electrons. The first kappa shape index (κ1) is 12.7. The lowest BCUT2D eigenvalue weighted by molar-refractivity contribution is -0.120. The summed E-state index contributed by atoms with van der Waals surface area (Å²) in [5.74, 6) is 6.13. The third kappa shape index (κ3) is 2.83. The molecule has 1 aliphatic carbocycles. The molecule has 2 aromatic rings. The normalized spacial score (nSPS) is 15.3. The van der Waals surface area contributed by atoms with Crippen LogP contribution in [0.4, 0.5) is 0 Å². The monoisotopic (exact) mass is 272 g/mol. The average Bonchev–Trinajstić information content (AvgIpc) is 3.15. The fourth-order valence-electron chi connectivity index (χ4n) is 2.01. The number of hydrogen-bond acceptors (Lipinski definition) is 4. The lowest BCUT2D eigenvalue weighted by atomic mass is 10.2. The van der Waals surface area contributed by atoms with Crippen molar-refractivity contribution >= 4 is 22.6 Å². The van der Waals surface area contributed by atoms with Gasteiger partial charge in [-0.1, -0.05) is 18.2 Å². The van der Waals surface area contributed by atoms with Gasteiger partial charge in [0.1, 0.15) is 5.58 Å². The lowest BCUT2D eigenvalue weighted by Crippen LogP contribution is -2.24. The average molecular weight is 272 g/mol. The number of para-hydroxylation sites is 1. The Morgan fingerprint density at radius 3 is 2.95 bits per heavy atom. The summed E-state index contributed by atoms with van der Waals surface area (Å²) in [7, 11) is 0. The van der Waals surface area contributed by atoms with E-state index in [1.807, 2.05) is 30.3 Å². The number of amides is 1. The highest BCUT2D eigenvalue weighted by Gasteiger charge is 2.22. The first-order valence-corrected chi connectivity index (χ1v) is 6.61. The zero-order chi connectivity index (χ0) is 13.9. The Balaban J connectivity index is 1.75. The van der Waals surface area contributed by atoms with Crippen molar-refractivity contribution < 1.29 is 14.0 Å². The van der Waals surface area contributed by atoms with Crippen molar-refractivity contribution in [2.45, 2.75) is 25.3 Å². The minimum absolute atomic E-state index is 0.0295. The van der Waals surface area contributed by atoms with Gasteiger partial charge in [0.05, 0.1) is 0 Å². The minimum Gasteiger partial charge on any atom is -0.453 e. The Hall–Kier alpha value is -2.27. The van der Waals surface area contributed by atoms with Crippen molar-refractivity contribution in [1.82, 2.24) is 5.32 Å². The van der Waals surface area contributed by atoms with Crippen LogP contribution in [0.3, 0.4) is 0 Å². The van der Waals surface area contributed by atoms with Crippen molar-refractivity contribution in [2.75, 3.05) is 0 Å². The summed E-state index contributed by atoms with van der Waals surface area (Å²) >= 11 is 0. The van der Waals surface area contributed by atoms with E-state index in [-0.39, 0.29) is 12.3 Å². The van der Waals surface area contributed by atoms with Gasteiger partial charge in [-0.2, -0.15) is 5.90 Å². The van der Waals surface area contributed by atoms with Crippen LogP contribution < -0.4 is 11.2 Å². The fraction of sp³-hybridized carbons (Fsp3) is 0.267. The number of fused-ring (bicyclic) bond motifs is 1. The molecule has 0 spiro atoms. The molecule has 0 unspecified atom stereocenters. The van der Waals surface area contributed by atoms with Crippen LogP contribution in [-0.2, 0) is 9.63 Å². The predicted octanol–water partition coefficient (Wildman–Crippen LogP) is 2.33. The Bertz CT molecular complexity index is 623. The third-order valence-corrected chi connectivity index (χ3v) is 3.21. The van der Waals surface area contributed by atoms with Gasteiger partial charge in [0.2, 0.25) is 5.91 Å². The van der Waals surface area contributed by atoms with E-state index in [1.54, 1.807) is 6.08 Å². The second kappa shape index (κ2) is 5.38. The number of furan rings is 1. The van der Waals surface area contributed by atoms with Crippen molar-refractivity contribution in [3.05, 3.63) is 42.2 Å². The smallest absolute Gasteiger partial charge is 0.224 e. The maximum absolute atomic E-state index is 11.6. The molecule has 1 saturated carbocycles. The van der Waals surface area contributed by atoms with Crippen molar-refractivity contribution in [2.24, 2.45) is 5.90 Å². The summed E-state index contributed by atoms with van der Waals surface area (Å²) in [4.78, 5) is 16.5. The molecule has 3 N–H and O–H groups in total.